The number of allylic oxidation sites excluding steroid dienone is 4. The zero-order chi connectivity index (χ0) is 36.2. The number of hydrogen-bond donors (Lipinski definition) is 0. The smallest absolute Gasteiger partial charge is 0.0175 e. The predicted octanol–water partition coefficient (Wildman–Crippen LogP) is 13.6. The number of fused-ring (bicyclic) bond motifs is 2. The highest BCUT2D eigenvalue weighted by Gasteiger charge is 2.49. The molecule has 51 heavy (non-hydrogen) atoms. The summed E-state index contributed by atoms with van der Waals surface area (Å²) in [6.45, 7) is 26.5. The van der Waals surface area contributed by atoms with Gasteiger partial charge in [0, 0.05) is 10.8 Å². The van der Waals surface area contributed by atoms with Crippen LogP contribution < -0.4 is 0 Å². The Bertz CT molecular complexity index is 2290. The highest BCUT2D eigenvalue weighted by molar-refractivity contribution is 6.12. The topological polar surface area (TPSA) is 0 Å². The van der Waals surface area contributed by atoms with Crippen molar-refractivity contribution in [2.45, 2.75) is 124 Å². The molecular formula is C51H58. The highest BCUT2D eigenvalue weighted by atomic mass is 14.5. The van der Waals surface area contributed by atoms with Gasteiger partial charge in [0.2, 0.25) is 0 Å². The van der Waals surface area contributed by atoms with E-state index in [4.69, 9.17) is 0 Å². The largest absolute Gasteiger partial charge is 0.0793 e. The summed E-state index contributed by atoms with van der Waals surface area (Å²) in [6.07, 6.45) is 9.53. The molecule has 3 aliphatic carbocycles. The molecule has 262 valence electrons. The fourth-order valence-electron chi connectivity index (χ4n) is 11.0. The van der Waals surface area contributed by atoms with Gasteiger partial charge in [0.15, 0.2) is 0 Å². The zero-order valence-electron chi connectivity index (χ0n) is 33.1. The molecule has 0 bridgehead atoms. The van der Waals surface area contributed by atoms with Crippen LogP contribution in [0.4, 0.5) is 0 Å². The van der Waals surface area contributed by atoms with E-state index in [-0.39, 0.29) is 21.7 Å². The van der Waals surface area contributed by atoms with Gasteiger partial charge < -0.3 is 0 Å². The van der Waals surface area contributed by atoms with E-state index in [0.29, 0.717) is 11.8 Å². The quantitative estimate of drug-likeness (QED) is 0.158. The van der Waals surface area contributed by atoms with E-state index < -0.39 is 0 Å². The standard InChI is InChI=1S/C51H58/c1-12-51(13-2)44-30-37(21-23-39(44)40-24-26-42(32(4)47(40)51)49(8,9)36-16-14-15-31(3)27-36)50(10,11)43-25-20-33-17-18-34-28-38(48(5,6)7)29-35-19-22-41(43)46(33)45(34)35/h14-18,20-21,23-30,32,42H,12-13,19,22H2,1-11H3. The fourth-order valence-corrected chi connectivity index (χ4v) is 11.0. The maximum Gasteiger partial charge on any atom is 0.0175 e. The van der Waals surface area contributed by atoms with Crippen molar-refractivity contribution in [3.8, 4) is 0 Å². The summed E-state index contributed by atoms with van der Waals surface area (Å²) in [6, 6.07) is 31.4. The monoisotopic (exact) mass is 670 g/mol. The van der Waals surface area contributed by atoms with Gasteiger partial charge in [0.1, 0.15) is 0 Å². The van der Waals surface area contributed by atoms with Crippen molar-refractivity contribution in [1.29, 1.82) is 0 Å². The molecule has 0 aromatic heterocycles. The Kier molecular flexibility index (Phi) is 7.75. The van der Waals surface area contributed by atoms with Gasteiger partial charge in [0.25, 0.3) is 0 Å². The van der Waals surface area contributed by atoms with Gasteiger partial charge in [-0.1, -0.05) is 166 Å². The normalized spacial score (nSPS) is 19.7. The van der Waals surface area contributed by atoms with E-state index in [1.165, 1.54) is 66.1 Å². The van der Waals surface area contributed by atoms with Crippen LogP contribution >= 0.6 is 0 Å². The van der Waals surface area contributed by atoms with E-state index in [1.54, 1.807) is 16.7 Å². The Morgan fingerprint density at radius 1 is 0.706 bits per heavy atom. The first-order chi connectivity index (χ1) is 24.1. The number of benzene rings is 5. The summed E-state index contributed by atoms with van der Waals surface area (Å²) in [5.41, 5.74) is 16.6. The molecule has 0 radical (unpaired) electrons. The molecular weight excluding hydrogens is 613 g/mol. The van der Waals surface area contributed by atoms with Gasteiger partial charge in [-0.15, -0.1) is 0 Å². The highest BCUT2D eigenvalue weighted by Crippen LogP contribution is 2.59. The van der Waals surface area contributed by atoms with Crippen LogP contribution in [0.5, 0.6) is 0 Å². The van der Waals surface area contributed by atoms with Crippen molar-refractivity contribution in [1.82, 2.24) is 0 Å². The van der Waals surface area contributed by atoms with E-state index in [2.05, 4.69) is 167 Å². The van der Waals surface area contributed by atoms with Gasteiger partial charge in [-0.25, -0.2) is 0 Å². The van der Waals surface area contributed by atoms with Crippen LogP contribution in [-0.4, -0.2) is 0 Å². The maximum absolute atomic E-state index is 2.64. The van der Waals surface area contributed by atoms with E-state index in [0.717, 1.165) is 25.7 Å². The molecule has 0 N–H and O–H groups in total. The zero-order valence-corrected chi connectivity index (χ0v) is 33.1. The minimum absolute atomic E-state index is 0.0332. The summed E-state index contributed by atoms with van der Waals surface area (Å²) in [4.78, 5) is 0. The number of rotatable bonds is 6. The van der Waals surface area contributed by atoms with Crippen LogP contribution in [0.25, 0.3) is 27.1 Å². The van der Waals surface area contributed by atoms with Crippen molar-refractivity contribution >= 4 is 27.1 Å². The summed E-state index contributed by atoms with van der Waals surface area (Å²) < 4.78 is 0. The molecule has 3 aliphatic rings. The van der Waals surface area contributed by atoms with Crippen molar-refractivity contribution in [3.05, 3.63) is 147 Å². The number of hydrogen-bond acceptors (Lipinski definition) is 0. The van der Waals surface area contributed by atoms with Gasteiger partial charge in [-0.2, -0.15) is 0 Å². The lowest BCUT2D eigenvalue weighted by Gasteiger charge is -2.44. The lowest BCUT2D eigenvalue weighted by Crippen LogP contribution is -2.38. The van der Waals surface area contributed by atoms with E-state index >= 15 is 0 Å². The van der Waals surface area contributed by atoms with E-state index in [1.807, 2.05) is 0 Å². The Morgan fingerprint density at radius 3 is 2.14 bits per heavy atom. The SMILES string of the molecule is CCC1(CC)C2=C(C=CC(C(C)(C)c3cccc(C)c3)C2C)c2ccc(C(C)(C)c3ccc4ccc5cc(C(C)(C)C)cc6c5c4c3CC6)cc21. The Labute approximate surface area is 308 Å². The third-order valence-electron chi connectivity index (χ3n) is 14.1. The van der Waals surface area contributed by atoms with Crippen LogP contribution in [-0.2, 0) is 34.5 Å². The van der Waals surface area contributed by atoms with Crippen molar-refractivity contribution in [2.75, 3.05) is 0 Å². The molecule has 0 aliphatic heterocycles. The van der Waals surface area contributed by atoms with Gasteiger partial charge in [-0.3, -0.25) is 0 Å². The molecule has 5 aromatic carbocycles. The second-order valence-corrected chi connectivity index (χ2v) is 18.5. The average Bonchev–Trinajstić information content (AvgIpc) is 3.40. The summed E-state index contributed by atoms with van der Waals surface area (Å²) in [7, 11) is 0. The summed E-state index contributed by atoms with van der Waals surface area (Å²) >= 11 is 0. The molecule has 2 atom stereocenters. The molecule has 0 heterocycles. The van der Waals surface area contributed by atoms with Gasteiger partial charge >= 0.3 is 0 Å². The average molecular weight is 671 g/mol. The lowest BCUT2D eigenvalue weighted by molar-refractivity contribution is 0.280. The Morgan fingerprint density at radius 2 is 1.43 bits per heavy atom. The minimum atomic E-state index is -0.128. The van der Waals surface area contributed by atoms with Crippen molar-refractivity contribution < 1.29 is 0 Å². The molecule has 5 aromatic rings. The van der Waals surface area contributed by atoms with E-state index in [9.17, 15) is 0 Å². The van der Waals surface area contributed by atoms with Gasteiger partial charge in [-0.05, 0) is 132 Å². The van der Waals surface area contributed by atoms with Crippen LogP contribution in [0, 0.1) is 18.8 Å². The summed E-state index contributed by atoms with van der Waals surface area (Å²) in [5.74, 6) is 0.890. The molecule has 0 heteroatoms. The third-order valence-corrected chi connectivity index (χ3v) is 14.1. The minimum Gasteiger partial charge on any atom is -0.0793 e. The first kappa shape index (κ1) is 34.2. The Hall–Kier alpha value is -3.90. The first-order valence-corrected chi connectivity index (χ1v) is 19.8. The first-order valence-electron chi connectivity index (χ1n) is 19.8. The van der Waals surface area contributed by atoms with Crippen LogP contribution in [0.15, 0.2) is 96.6 Å². The molecule has 0 amide bonds. The molecule has 0 nitrogen and oxygen atoms in total. The number of aryl methyl sites for hydroxylation is 3. The van der Waals surface area contributed by atoms with Crippen LogP contribution in [0.1, 0.15) is 132 Å². The molecule has 0 fully saturated rings. The maximum atomic E-state index is 2.64. The van der Waals surface area contributed by atoms with Crippen LogP contribution in [0.3, 0.4) is 0 Å². The molecule has 0 saturated carbocycles. The summed E-state index contributed by atoms with van der Waals surface area (Å²) in [5, 5.41) is 5.77. The molecule has 8 rings (SSSR count). The van der Waals surface area contributed by atoms with Gasteiger partial charge in [0.05, 0.1) is 0 Å². The second kappa shape index (κ2) is 11.6. The van der Waals surface area contributed by atoms with Crippen LogP contribution in [0.2, 0.25) is 0 Å². The Balaban J connectivity index is 1.23. The predicted molar refractivity (Wildman–Crippen MR) is 221 cm³/mol. The lowest BCUT2D eigenvalue weighted by atomic mass is 9.59. The second-order valence-electron chi connectivity index (χ2n) is 18.5. The van der Waals surface area contributed by atoms with Crippen molar-refractivity contribution in [2.24, 2.45) is 11.8 Å². The fraction of sp³-hybridized carbons (Fsp3) is 0.412. The molecule has 0 saturated heterocycles. The third kappa shape index (κ3) is 4.91. The molecule has 2 unspecified atom stereocenters. The van der Waals surface area contributed by atoms with Crippen molar-refractivity contribution in [3.63, 3.8) is 0 Å². The molecule has 0 spiro atoms.